The predicted octanol–water partition coefficient (Wildman–Crippen LogP) is 1.27. The molecule has 2 N–H and O–H groups in total. The van der Waals surface area contributed by atoms with Crippen LogP contribution in [0.4, 0.5) is 13.2 Å². The zero-order valence-electron chi connectivity index (χ0n) is 6.64. The van der Waals surface area contributed by atoms with E-state index in [9.17, 15) is 18.0 Å². The van der Waals surface area contributed by atoms with Gasteiger partial charge in [0.2, 0.25) is 5.56 Å². The van der Waals surface area contributed by atoms with Crippen LogP contribution in [0, 0.1) is 0 Å². The van der Waals surface area contributed by atoms with Crippen LogP contribution in [0.2, 0.25) is 0 Å². The molecule has 0 fully saturated rings. The molecule has 0 aliphatic rings. The molecule has 0 saturated carbocycles. The van der Waals surface area contributed by atoms with Crippen LogP contribution in [0.25, 0.3) is 11.2 Å². The van der Waals surface area contributed by atoms with E-state index in [0.29, 0.717) is 6.07 Å². The summed E-state index contributed by atoms with van der Waals surface area (Å²) in [5.41, 5.74) is -2.13. The van der Waals surface area contributed by atoms with Gasteiger partial charge in [-0.2, -0.15) is 13.2 Å². The molecule has 0 aliphatic carbocycles. The van der Waals surface area contributed by atoms with Gasteiger partial charge in [0.25, 0.3) is 0 Å². The van der Waals surface area contributed by atoms with Crippen molar-refractivity contribution in [3.63, 3.8) is 0 Å². The van der Waals surface area contributed by atoms with Crippen molar-refractivity contribution < 1.29 is 13.2 Å². The maximum atomic E-state index is 12.4. The predicted molar refractivity (Wildman–Crippen MR) is 41.7 cm³/mol. The number of halogens is 3. The molecule has 0 atom stereocenters. The normalized spacial score (nSPS) is 12.2. The van der Waals surface area contributed by atoms with Gasteiger partial charge in [-0.05, 0) is 0 Å². The minimum Gasteiger partial charge on any atom is -0.343 e. The molecule has 2 aromatic heterocycles. The van der Waals surface area contributed by atoms with Gasteiger partial charge in [-0.3, -0.25) is 4.79 Å². The molecule has 7 heteroatoms. The van der Waals surface area contributed by atoms with E-state index in [1.165, 1.54) is 0 Å². The molecule has 2 aromatic rings. The number of nitrogens with one attached hydrogen (secondary N) is 2. The lowest BCUT2D eigenvalue weighted by Crippen LogP contribution is -2.13. The molecular formula is C7H4F3N3O. The molecule has 74 valence electrons. The van der Waals surface area contributed by atoms with Crippen molar-refractivity contribution >= 4 is 11.2 Å². The third-order valence-electron chi connectivity index (χ3n) is 1.73. The van der Waals surface area contributed by atoms with Gasteiger partial charge in [0, 0.05) is 6.07 Å². The average Bonchev–Trinajstić information content (AvgIpc) is 2.47. The van der Waals surface area contributed by atoms with Crippen LogP contribution in [-0.4, -0.2) is 15.0 Å². The maximum absolute atomic E-state index is 12.4. The number of hydrogen-bond acceptors (Lipinski definition) is 2. The summed E-state index contributed by atoms with van der Waals surface area (Å²) in [6.07, 6.45) is -3.46. The van der Waals surface area contributed by atoms with Crippen molar-refractivity contribution in [1.29, 1.82) is 0 Å². The Morgan fingerprint density at radius 3 is 2.71 bits per heavy atom. The van der Waals surface area contributed by atoms with Gasteiger partial charge in [0.05, 0.1) is 17.4 Å². The zero-order chi connectivity index (χ0) is 10.3. The van der Waals surface area contributed by atoms with E-state index < -0.39 is 17.3 Å². The molecule has 0 amide bonds. The lowest BCUT2D eigenvalue weighted by molar-refractivity contribution is -0.136. The van der Waals surface area contributed by atoms with Crippen LogP contribution < -0.4 is 5.56 Å². The average molecular weight is 203 g/mol. The smallest absolute Gasteiger partial charge is 0.343 e. The molecule has 0 saturated heterocycles. The van der Waals surface area contributed by atoms with E-state index >= 15 is 0 Å². The Morgan fingerprint density at radius 1 is 1.36 bits per heavy atom. The third-order valence-corrected chi connectivity index (χ3v) is 1.73. The highest BCUT2D eigenvalue weighted by atomic mass is 19.4. The molecular weight excluding hydrogens is 199 g/mol. The number of pyridine rings is 1. The summed E-state index contributed by atoms with van der Waals surface area (Å²) >= 11 is 0. The first-order valence-electron chi connectivity index (χ1n) is 3.62. The molecule has 0 aromatic carbocycles. The van der Waals surface area contributed by atoms with Crippen molar-refractivity contribution in [3.05, 3.63) is 28.3 Å². The summed E-state index contributed by atoms with van der Waals surface area (Å²) in [6.45, 7) is 0. The molecule has 0 unspecified atom stereocenters. The third kappa shape index (κ3) is 1.26. The maximum Gasteiger partial charge on any atom is 0.418 e. The summed E-state index contributed by atoms with van der Waals surface area (Å²) in [7, 11) is 0. The van der Waals surface area contributed by atoms with Crippen molar-refractivity contribution in [3.8, 4) is 0 Å². The van der Waals surface area contributed by atoms with Gasteiger partial charge in [-0.1, -0.05) is 0 Å². The molecule has 2 heterocycles. The van der Waals surface area contributed by atoms with Gasteiger partial charge < -0.3 is 9.97 Å². The monoisotopic (exact) mass is 203 g/mol. The lowest BCUT2D eigenvalue weighted by atomic mass is 10.2. The van der Waals surface area contributed by atoms with E-state index in [0.717, 1.165) is 6.33 Å². The SMILES string of the molecule is O=c1cc(C(F)(F)F)c2[nH]cnc2[nH]1. The number of alkyl halides is 3. The second kappa shape index (κ2) is 2.60. The number of nitrogens with zero attached hydrogens (tertiary/aromatic N) is 1. The fourth-order valence-electron chi connectivity index (χ4n) is 1.17. The van der Waals surface area contributed by atoms with Crippen molar-refractivity contribution in [2.45, 2.75) is 6.18 Å². The first-order valence-corrected chi connectivity index (χ1v) is 3.62. The minimum absolute atomic E-state index is 0.0928. The second-order valence-electron chi connectivity index (χ2n) is 2.67. The Balaban J connectivity index is 2.87. The van der Waals surface area contributed by atoms with Crippen LogP contribution in [0.15, 0.2) is 17.2 Å². The minimum atomic E-state index is -4.56. The van der Waals surface area contributed by atoms with Gasteiger partial charge in [-0.15, -0.1) is 0 Å². The van der Waals surface area contributed by atoms with E-state index in [1.807, 2.05) is 0 Å². The Hall–Kier alpha value is -1.79. The second-order valence-corrected chi connectivity index (χ2v) is 2.67. The first-order chi connectivity index (χ1) is 6.48. The van der Waals surface area contributed by atoms with E-state index in [-0.39, 0.29) is 11.2 Å². The largest absolute Gasteiger partial charge is 0.418 e. The highest BCUT2D eigenvalue weighted by Gasteiger charge is 2.34. The number of aromatic nitrogens is 3. The molecule has 0 radical (unpaired) electrons. The van der Waals surface area contributed by atoms with Crippen LogP contribution >= 0.6 is 0 Å². The first kappa shape index (κ1) is 8.79. The molecule has 4 nitrogen and oxygen atoms in total. The Bertz CT molecular complexity index is 525. The molecule has 2 rings (SSSR count). The quantitative estimate of drug-likeness (QED) is 0.677. The van der Waals surface area contributed by atoms with E-state index in [4.69, 9.17) is 0 Å². The van der Waals surface area contributed by atoms with Gasteiger partial charge >= 0.3 is 6.18 Å². The Morgan fingerprint density at radius 2 is 2.07 bits per heavy atom. The molecule has 0 aliphatic heterocycles. The van der Waals surface area contributed by atoms with Crippen LogP contribution in [0.5, 0.6) is 0 Å². The van der Waals surface area contributed by atoms with Crippen LogP contribution in [-0.2, 0) is 6.18 Å². The van der Waals surface area contributed by atoms with Crippen molar-refractivity contribution in [2.75, 3.05) is 0 Å². The van der Waals surface area contributed by atoms with Gasteiger partial charge in [0.1, 0.15) is 0 Å². The Kier molecular flexibility index (Phi) is 1.63. The Labute approximate surface area is 74.8 Å². The summed E-state index contributed by atoms with van der Waals surface area (Å²) in [5.74, 6) is 0. The number of imidazole rings is 1. The van der Waals surface area contributed by atoms with E-state index in [2.05, 4.69) is 15.0 Å². The van der Waals surface area contributed by atoms with Crippen molar-refractivity contribution in [1.82, 2.24) is 15.0 Å². The van der Waals surface area contributed by atoms with E-state index in [1.54, 1.807) is 0 Å². The molecule has 0 bridgehead atoms. The summed E-state index contributed by atoms with van der Waals surface area (Å²) < 4.78 is 37.1. The summed E-state index contributed by atoms with van der Waals surface area (Å²) in [5, 5.41) is 0. The van der Waals surface area contributed by atoms with Crippen LogP contribution in [0.3, 0.4) is 0 Å². The highest BCUT2D eigenvalue weighted by Crippen LogP contribution is 2.31. The number of rotatable bonds is 0. The number of hydrogen-bond donors (Lipinski definition) is 2. The van der Waals surface area contributed by atoms with Gasteiger partial charge in [-0.25, -0.2) is 4.98 Å². The molecule has 0 spiro atoms. The number of fused-ring (bicyclic) bond motifs is 1. The fraction of sp³-hybridized carbons (Fsp3) is 0.143. The summed E-state index contributed by atoms with van der Waals surface area (Å²) in [4.78, 5) is 18.9. The topological polar surface area (TPSA) is 61.5 Å². The number of aromatic amines is 2. The lowest BCUT2D eigenvalue weighted by Gasteiger charge is -2.05. The summed E-state index contributed by atoms with van der Waals surface area (Å²) in [6, 6.07) is 0.501. The van der Waals surface area contributed by atoms with Crippen molar-refractivity contribution in [2.24, 2.45) is 0 Å². The fourth-order valence-corrected chi connectivity index (χ4v) is 1.17. The standard InChI is InChI=1S/C7H4F3N3O/c8-7(9,10)3-1-4(14)13-6-5(3)11-2-12-6/h1-2H,(H2,11,12,13,14). The highest BCUT2D eigenvalue weighted by molar-refractivity contribution is 5.74. The number of H-pyrrole nitrogens is 2. The molecule has 14 heavy (non-hydrogen) atoms. The zero-order valence-corrected chi connectivity index (χ0v) is 6.64. The van der Waals surface area contributed by atoms with Crippen LogP contribution in [0.1, 0.15) is 5.56 Å². The van der Waals surface area contributed by atoms with Gasteiger partial charge in [0.15, 0.2) is 5.65 Å².